The van der Waals surface area contributed by atoms with Gasteiger partial charge in [0.25, 0.3) is 5.91 Å². The Kier molecular flexibility index (Phi) is 3.78. The second kappa shape index (κ2) is 5.50. The summed E-state index contributed by atoms with van der Waals surface area (Å²) in [6.07, 6.45) is 1.55. The molecular formula is C12H12N2O3S. The van der Waals surface area contributed by atoms with Gasteiger partial charge in [-0.3, -0.25) is 9.59 Å². The van der Waals surface area contributed by atoms with Gasteiger partial charge in [-0.15, -0.1) is 11.3 Å². The van der Waals surface area contributed by atoms with E-state index in [1.165, 1.54) is 18.3 Å². The molecule has 0 aliphatic carbocycles. The van der Waals surface area contributed by atoms with Crippen LogP contribution in [0, 0.1) is 0 Å². The van der Waals surface area contributed by atoms with E-state index in [2.05, 4.69) is 10.6 Å². The fraction of sp³-hybridized carbons (Fsp3) is 0.167. The first-order chi connectivity index (χ1) is 8.66. The molecule has 2 rings (SSSR count). The summed E-state index contributed by atoms with van der Waals surface area (Å²) in [4.78, 5) is 22.9. The standard InChI is InChI=1S/C12H12N2O3S/c1-8(15)14-12-10(4-6-18-12)11(16)13-7-9-3-2-5-17-9/h2-6H,7H2,1H3,(H,13,16)(H,14,15). The molecule has 0 spiro atoms. The zero-order chi connectivity index (χ0) is 13.0. The molecule has 18 heavy (non-hydrogen) atoms. The molecule has 6 heteroatoms. The number of thiophene rings is 1. The van der Waals surface area contributed by atoms with Crippen LogP contribution in [-0.2, 0) is 11.3 Å². The Morgan fingerprint density at radius 3 is 2.89 bits per heavy atom. The topological polar surface area (TPSA) is 71.3 Å². The Labute approximate surface area is 108 Å². The number of furan rings is 1. The lowest BCUT2D eigenvalue weighted by Gasteiger charge is -2.05. The maximum atomic E-state index is 11.9. The summed E-state index contributed by atoms with van der Waals surface area (Å²) in [5, 5.41) is 7.66. The van der Waals surface area contributed by atoms with Crippen molar-refractivity contribution in [2.24, 2.45) is 0 Å². The van der Waals surface area contributed by atoms with E-state index < -0.39 is 0 Å². The van der Waals surface area contributed by atoms with Crippen molar-refractivity contribution in [2.45, 2.75) is 13.5 Å². The van der Waals surface area contributed by atoms with Gasteiger partial charge in [-0.1, -0.05) is 0 Å². The highest BCUT2D eigenvalue weighted by molar-refractivity contribution is 7.14. The van der Waals surface area contributed by atoms with Crippen LogP contribution in [0.3, 0.4) is 0 Å². The Hall–Kier alpha value is -2.08. The maximum Gasteiger partial charge on any atom is 0.254 e. The van der Waals surface area contributed by atoms with Gasteiger partial charge in [0.05, 0.1) is 18.4 Å². The molecule has 2 amide bonds. The van der Waals surface area contributed by atoms with E-state index in [1.807, 2.05) is 0 Å². The Morgan fingerprint density at radius 1 is 1.39 bits per heavy atom. The van der Waals surface area contributed by atoms with E-state index in [0.717, 1.165) is 0 Å². The van der Waals surface area contributed by atoms with Crippen LogP contribution in [0.4, 0.5) is 5.00 Å². The first kappa shape index (κ1) is 12.4. The van der Waals surface area contributed by atoms with Crippen LogP contribution in [0.5, 0.6) is 0 Å². The van der Waals surface area contributed by atoms with Gasteiger partial charge in [-0.2, -0.15) is 0 Å². The minimum Gasteiger partial charge on any atom is -0.467 e. The lowest BCUT2D eigenvalue weighted by molar-refractivity contribution is -0.114. The predicted molar refractivity (Wildman–Crippen MR) is 68.5 cm³/mol. The van der Waals surface area contributed by atoms with Crippen molar-refractivity contribution in [1.82, 2.24) is 5.32 Å². The van der Waals surface area contributed by atoms with E-state index in [4.69, 9.17) is 4.42 Å². The van der Waals surface area contributed by atoms with Crippen LogP contribution >= 0.6 is 11.3 Å². The molecule has 2 heterocycles. The van der Waals surface area contributed by atoms with Crippen molar-refractivity contribution < 1.29 is 14.0 Å². The van der Waals surface area contributed by atoms with Crippen molar-refractivity contribution in [3.05, 3.63) is 41.2 Å². The highest BCUT2D eigenvalue weighted by Crippen LogP contribution is 2.23. The highest BCUT2D eigenvalue weighted by atomic mass is 32.1. The number of amides is 2. The van der Waals surface area contributed by atoms with E-state index in [9.17, 15) is 9.59 Å². The Balaban J connectivity index is 2.00. The lowest BCUT2D eigenvalue weighted by atomic mass is 10.3. The average Bonchev–Trinajstić information content (AvgIpc) is 2.95. The molecule has 94 valence electrons. The lowest BCUT2D eigenvalue weighted by Crippen LogP contribution is -2.23. The second-order valence-corrected chi connectivity index (χ2v) is 4.52. The molecule has 0 saturated heterocycles. The number of rotatable bonds is 4. The predicted octanol–water partition coefficient (Wildman–Crippen LogP) is 2.23. The van der Waals surface area contributed by atoms with Crippen molar-refractivity contribution >= 4 is 28.2 Å². The molecule has 0 atom stereocenters. The number of nitrogens with one attached hydrogen (secondary N) is 2. The van der Waals surface area contributed by atoms with E-state index in [-0.39, 0.29) is 11.8 Å². The number of carbonyl (C=O) groups is 2. The molecule has 0 unspecified atom stereocenters. The molecule has 0 radical (unpaired) electrons. The summed E-state index contributed by atoms with van der Waals surface area (Å²) in [7, 11) is 0. The normalized spacial score (nSPS) is 10.1. The fourth-order valence-corrected chi connectivity index (χ4v) is 2.25. The number of hydrogen-bond acceptors (Lipinski definition) is 4. The number of hydrogen-bond donors (Lipinski definition) is 2. The van der Waals surface area contributed by atoms with Crippen LogP contribution in [0.25, 0.3) is 0 Å². The third-order valence-corrected chi connectivity index (χ3v) is 3.03. The molecule has 0 fully saturated rings. The number of carbonyl (C=O) groups excluding carboxylic acids is 2. The first-order valence-corrected chi connectivity index (χ1v) is 6.20. The largest absolute Gasteiger partial charge is 0.467 e. The first-order valence-electron chi connectivity index (χ1n) is 5.32. The highest BCUT2D eigenvalue weighted by Gasteiger charge is 2.13. The second-order valence-electron chi connectivity index (χ2n) is 3.61. The minimum absolute atomic E-state index is 0.197. The summed E-state index contributed by atoms with van der Waals surface area (Å²) in [5.74, 6) is 0.244. The van der Waals surface area contributed by atoms with Gasteiger partial charge in [0.2, 0.25) is 5.91 Å². The van der Waals surface area contributed by atoms with E-state index in [0.29, 0.717) is 22.9 Å². The summed E-state index contributed by atoms with van der Waals surface area (Å²) in [6.45, 7) is 1.73. The van der Waals surface area contributed by atoms with Crippen LogP contribution in [0.1, 0.15) is 23.0 Å². The van der Waals surface area contributed by atoms with Crippen molar-refractivity contribution in [3.8, 4) is 0 Å². The number of anilines is 1. The van der Waals surface area contributed by atoms with Gasteiger partial charge in [0.1, 0.15) is 10.8 Å². The SMILES string of the molecule is CC(=O)Nc1sccc1C(=O)NCc1ccco1. The fourth-order valence-electron chi connectivity index (χ4n) is 1.42. The van der Waals surface area contributed by atoms with Crippen molar-refractivity contribution in [2.75, 3.05) is 5.32 Å². The minimum atomic E-state index is -0.239. The summed E-state index contributed by atoms with van der Waals surface area (Å²) in [6, 6.07) is 5.21. The molecular weight excluding hydrogens is 252 g/mol. The van der Waals surface area contributed by atoms with Gasteiger partial charge in [0.15, 0.2) is 0 Å². The third kappa shape index (κ3) is 2.98. The van der Waals surface area contributed by atoms with Gasteiger partial charge in [-0.05, 0) is 23.6 Å². The molecule has 0 aromatic carbocycles. The Bertz CT molecular complexity index is 545. The van der Waals surface area contributed by atoms with Crippen molar-refractivity contribution in [1.29, 1.82) is 0 Å². The maximum absolute atomic E-state index is 11.9. The van der Waals surface area contributed by atoms with Gasteiger partial charge >= 0.3 is 0 Å². The van der Waals surface area contributed by atoms with Crippen molar-refractivity contribution in [3.63, 3.8) is 0 Å². The van der Waals surface area contributed by atoms with Gasteiger partial charge in [0, 0.05) is 6.92 Å². The monoisotopic (exact) mass is 264 g/mol. The van der Waals surface area contributed by atoms with Crippen LogP contribution in [-0.4, -0.2) is 11.8 Å². The zero-order valence-corrected chi connectivity index (χ0v) is 10.5. The summed E-state index contributed by atoms with van der Waals surface area (Å²) in [5.41, 5.74) is 0.460. The average molecular weight is 264 g/mol. The molecule has 0 aliphatic heterocycles. The van der Waals surface area contributed by atoms with E-state index >= 15 is 0 Å². The Morgan fingerprint density at radius 2 is 2.22 bits per heavy atom. The summed E-state index contributed by atoms with van der Waals surface area (Å²) < 4.78 is 5.11. The van der Waals surface area contributed by atoms with Crippen LogP contribution in [0.2, 0.25) is 0 Å². The molecule has 0 aliphatic rings. The van der Waals surface area contributed by atoms with Crippen LogP contribution in [0.15, 0.2) is 34.3 Å². The molecule has 2 aromatic rings. The molecule has 2 aromatic heterocycles. The summed E-state index contributed by atoms with van der Waals surface area (Å²) >= 11 is 1.31. The molecule has 2 N–H and O–H groups in total. The smallest absolute Gasteiger partial charge is 0.254 e. The third-order valence-electron chi connectivity index (χ3n) is 2.20. The molecule has 0 saturated carbocycles. The van der Waals surface area contributed by atoms with Gasteiger partial charge in [-0.25, -0.2) is 0 Å². The zero-order valence-electron chi connectivity index (χ0n) is 9.73. The van der Waals surface area contributed by atoms with Crippen LogP contribution < -0.4 is 10.6 Å². The van der Waals surface area contributed by atoms with E-state index in [1.54, 1.807) is 29.8 Å². The van der Waals surface area contributed by atoms with Gasteiger partial charge < -0.3 is 15.1 Å². The molecule has 5 nitrogen and oxygen atoms in total. The quantitative estimate of drug-likeness (QED) is 0.889. The molecule has 0 bridgehead atoms.